The van der Waals surface area contributed by atoms with Gasteiger partial charge in [-0.2, -0.15) is 0 Å². The topological polar surface area (TPSA) is 48.7 Å². The van der Waals surface area contributed by atoms with Crippen LogP contribution in [0, 0.1) is 0 Å². The van der Waals surface area contributed by atoms with Crippen molar-refractivity contribution in [3.05, 3.63) is 46.5 Å². The fourth-order valence-corrected chi connectivity index (χ4v) is 1.79. The number of benzene rings is 1. The molecule has 0 aliphatic heterocycles. The third-order valence-electron chi connectivity index (χ3n) is 2.82. The van der Waals surface area contributed by atoms with E-state index in [9.17, 15) is 4.79 Å². The second-order valence-electron chi connectivity index (χ2n) is 4.01. The molecule has 0 aliphatic carbocycles. The Hall–Kier alpha value is -2.23. The number of rotatable bonds is 4. The lowest BCUT2D eigenvalue weighted by atomic mass is 10.2. The lowest BCUT2D eigenvalue weighted by molar-refractivity contribution is 0.354. The average molecular weight is 260 g/mol. The molecule has 0 spiro atoms. The van der Waals surface area contributed by atoms with E-state index in [2.05, 4.69) is 0 Å². The van der Waals surface area contributed by atoms with Crippen molar-refractivity contribution in [2.24, 2.45) is 0 Å². The van der Waals surface area contributed by atoms with Gasteiger partial charge in [-0.1, -0.05) is 6.92 Å². The van der Waals surface area contributed by atoms with Gasteiger partial charge in [-0.3, -0.25) is 0 Å². The highest BCUT2D eigenvalue weighted by molar-refractivity contribution is 5.80. The smallest absolute Gasteiger partial charge is 0.336 e. The first-order valence-electron chi connectivity index (χ1n) is 6.13. The van der Waals surface area contributed by atoms with Crippen LogP contribution < -0.4 is 15.1 Å². The van der Waals surface area contributed by atoms with E-state index in [1.807, 2.05) is 19.9 Å². The van der Waals surface area contributed by atoms with Crippen molar-refractivity contribution in [1.82, 2.24) is 0 Å². The molecule has 0 N–H and O–H groups in total. The van der Waals surface area contributed by atoms with Crippen LogP contribution in [0.2, 0.25) is 0 Å². The van der Waals surface area contributed by atoms with Crippen LogP contribution in [0.1, 0.15) is 20.3 Å². The zero-order chi connectivity index (χ0) is 13.8. The quantitative estimate of drug-likeness (QED) is 0.623. The summed E-state index contributed by atoms with van der Waals surface area (Å²) in [6.07, 6.45) is 2.67. The van der Waals surface area contributed by atoms with Gasteiger partial charge >= 0.3 is 5.63 Å². The van der Waals surface area contributed by atoms with Gasteiger partial charge < -0.3 is 13.9 Å². The molecule has 0 bridgehead atoms. The summed E-state index contributed by atoms with van der Waals surface area (Å²) in [7, 11) is 1.58. The lowest BCUT2D eigenvalue weighted by Gasteiger charge is -2.12. The van der Waals surface area contributed by atoms with Crippen LogP contribution in [0.5, 0.6) is 11.5 Å². The molecule has 1 aromatic heterocycles. The summed E-state index contributed by atoms with van der Waals surface area (Å²) in [4.78, 5) is 11.2. The van der Waals surface area contributed by atoms with E-state index in [0.29, 0.717) is 17.1 Å². The minimum Gasteiger partial charge on any atom is -0.493 e. The number of allylic oxidation sites excluding steroid dienone is 2. The van der Waals surface area contributed by atoms with Gasteiger partial charge in [-0.25, -0.2) is 4.79 Å². The Bertz CT molecular complexity index is 667. The van der Waals surface area contributed by atoms with E-state index < -0.39 is 0 Å². The Balaban J connectivity index is 2.55. The average Bonchev–Trinajstić information content (AvgIpc) is 2.43. The molecule has 4 nitrogen and oxygen atoms in total. The molecule has 0 amide bonds. The van der Waals surface area contributed by atoms with Crippen LogP contribution >= 0.6 is 0 Å². The summed E-state index contributed by atoms with van der Waals surface area (Å²) >= 11 is 0. The van der Waals surface area contributed by atoms with Crippen molar-refractivity contribution in [2.45, 2.75) is 20.3 Å². The maximum atomic E-state index is 11.2. The Morgan fingerprint density at radius 3 is 2.74 bits per heavy atom. The molecule has 2 aromatic rings. The Labute approximate surface area is 111 Å². The van der Waals surface area contributed by atoms with Crippen LogP contribution in [-0.2, 0) is 0 Å². The molecule has 1 aromatic carbocycles. The molecule has 0 atom stereocenters. The molecule has 4 heteroatoms. The van der Waals surface area contributed by atoms with Gasteiger partial charge in [0.15, 0.2) is 11.5 Å². The predicted molar refractivity (Wildman–Crippen MR) is 73.7 cm³/mol. The Morgan fingerprint density at radius 1 is 1.32 bits per heavy atom. The third kappa shape index (κ3) is 2.78. The molecular weight excluding hydrogens is 244 g/mol. The van der Waals surface area contributed by atoms with Crippen LogP contribution in [0.25, 0.3) is 11.0 Å². The number of ether oxygens (including phenoxy) is 2. The molecule has 19 heavy (non-hydrogen) atoms. The van der Waals surface area contributed by atoms with Crippen LogP contribution in [0.3, 0.4) is 0 Å². The molecule has 0 saturated carbocycles. The molecule has 0 unspecified atom stereocenters. The van der Waals surface area contributed by atoms with E-state index in [-0.39, 0.29) is 5.63 Å². The van der Waals surface area contributed by atoms with E-state index in [1.165, 1.54) is 6.07 Å². The van der Waals surface area contributed by atoms with Gasteiger partial charge in [-0.15, -0.1) is 0 Å². The first-order chi connectivity index (χ1) is 9.17. The van der Waals surface area contributed by atoms with Crippen molar-refractivity contribution < 1.29 is 13.9 Å². The van der Waals surface area contributed by atoms with E-state index in [0.717, 1.165) is 17.6 Å². The molecule has 0 aliphatic rings. The van der Waals surface area contributed by atoms with Crippen molar-refractivity contribution in [3.63, 3.8) is 0 Å². The van der Waals surface area contributed by atoms with Gasteiger partial charge in [0.2, 0.25) is 0 Å². The Morgan fingerprint density at radius 2 is 2.11 bits per heavy atom. The second kappa shape index (κ2) is 5.61. The molecular formula is C15H16O4. The molecule has 0 saturated heterocycles. The molecule has 2 rings (SSSR count). The van der Waals surface area contributed by atoms with Crippen molar-refractivity contribution >= 4 is 11.0 Å². The number of hydrogen-bond donors (Lipinski definition) is 0. The van der Waals surface area contributed by atoms with Gasteiger partial charge in [0, 0.05) is 23.9 Å². The number of methoxy groups -OCH3 is 1. The van der Waals surface area contributed by atoms with Crippen molar-refractivity contribution in [1.29, 1.82) is 0 Å². The minimum atomic E-state index is -0.384. The highest BCUT2D eigenvalue weighted by Gasteiger charge is 2.10. The number of fused-ring (bicyclic) bond motifs is 1. The van der Waals surface area contributed by atoms with Crippen molar-refractivity contribution in [3.8, 4) is 11.5 Å². The fourth-order valence-electron chi connectivity index (χ4n) is 1.79. The van der Waals surface area contributed by atoms with Gasteiger partial charge in [-0.05, 0) is 25.1 Å². The normalized spacial score (nSPS) is 11.6. The van der Waals surface area contributed by atoms with Crippen LogP contribution in [-0.4, -0.2) is 7.11 Å². The van der Waals surface area contributed by atoms with E-state index in [1.54, 1.807) is 25.3 Å². The largest absolute Gasteiger partial charge is 0.493 e. The first-order valence-corrected chi connectivity index (χ1v) is 6.13. The standard InChI is InChI=1S/C15H16O4/c1-4-11(5-2)18-14-9-12-10(8-13(14)17-3)6-7-15(16)19-12/h4,6-9H,5H2,1-3H3. The summed E-state index contributed by atoms with van der Waals surface area (Å²) < 4.78 is 16.2. The first kappa shape index (κ1) is 13.2. The SMILES string of the molecule is CC=C(CC)Oc1cc2oc(=O)ccc2cc1OC. The van der Waals surface area contributed by atoms with Crippen LogP contribution in [0.4, 0.5) is 0 Å². The maximum absolute atomic E-state index is 11.2. The summed E-state index contributed by atoms with van der Waals surface area (Å²) in [5.74, 6) is 1.98. The zero-order valence-electron chi connectivity index (χ0n) is 11.2. The second-order valence-corrected chi connectivity index (χ2v) is 4.01. The van der Waals surface area contributed by atoms with Gasteiger partial charge in [0.1, 0.15) is 5.58 Å². The highest BCUT2D eigenvalue weighted by Crippen LogP contribution is 2.33. The predicted octanol–water partition coefficient (Wildman–Crippen LogP) is 3.49. The monoisotopic (exact) mass is 260 g/mol. The minimum absolute atomic E-state index is 0.384. The molecule has 100 valence electrons. The highest BCUT2D eigenvalue weighted by atomic mass is 16.5. The summed E-state index contributed by atoms with van der Waals surface area (Å²) in [6.45, 7) is 3.91. The van der Waals surface area contributed by atoms with E-state index in [4.69, 9.17) is 13.9 Å². The fraction of sp³-hybridized carbons (Fsp3) is 0.267. The van der Waals surface area contributed by atoms with Crippen molar-refractivity contribution in [2.75, 3.05) is 7.11 Å². The maximum Gasteiger partial charge on any atom is 0.336 e. The lowest BCUT2D eigenvalue weighted by Crippen LogP contribution is -1.98. The number of hydrogen-bond acceptors (Lipinski definition) is 4. The summed E-state index contributed by atoms with van der Waals surface area (Å²) in [6, 6.07) is 6.54. The Kier molecular flexibility index (Phi) is 3.90. The zero-order valence-corrected chi connectivity index (χ0v) is 11.2. The van der Waals surface area contributed by atoms with Gasteiger partial charge in [0.05, 0.1) is 12.9 Å². The third-order valence-corrected chi connectivity index (χ3v) is 2.82. The molecule has 0 fully saturated rings. The molecule has 1 heterocycles. The summed E-state index contributed by atoms with van der Waals surface area (Å²) in [5, 5.41) is 0.794. The van der Waals surface area contributed by atoms with Gasteiger partial charge in [0.25, 0.3) is 0 Å². The van der Waals surface area contributed by atoms with Crippen LogP contribution in [0.15, 0.2) is 45.3 Å². The van der Waals surface area contributed by atoms with E-state index >= 15 is 0 Å². The molecule has 0 radical (unpaired) electrons. The summed E-state index contributed by atoms with van der Waals surface area (Å²) in [5.41, 5.74) is 0.0974.